The van der Waals surface area contributed by atoms with Crippen molar-refractivity contribution in [2.24, 2.45) is 5.92 Å². The average molecular weight is 326 g/mol. The largest absolute Gasteiger partial charge is 0.393 e. The van der Waals surface area contributed by atoms with Gasteiger partial charge in [-0.3, -0.25) is 4.72 Å². The highest BCUT2D eigenvalue weighted by Crippen LogP contribution is 2.25. The van der Waals surface area contributed by atoms with E-state index in [9.17, 15) is 13.5 Å². The highest BCUT2D eigenvalue weighted by atomic mass is 32.2. The van der Waals surface area contributed by atoms with Crippen molar-refractivity contribution in [1.29, 1.82) is 0 Å². The van der Waals surface area contributed by atoms with Gasteiger partial charge in [0.2, 0.25) is 10.0 Å². The van der Waals surface area contributed by atoms with Crippen LogP contribution in [0.2, 0.25) is 0 Å². The van der Waals surface area contributed by atoms with Gasteiger partial charge in [-0.05, 0) is 50.3 Å². The van der Waals surface area contributed by atoms with E-state index in [1.807, 2.05) is 12.1 Å². The molecule has 1 aromatic rings. The van der Waals surface area contributed by atoms with Gasteiger partial charge in [0.25, 0.3) is 0 Å². The molecule has 2 rings (SSSR count). The van der Waals surface area contributed by atoms with E-state index in [4.69, 9.17) is 0 Å². The lowest BCUT2D eigenvalue weighted by Gasteiger charge is -2.20. The molecule has 0 aromatic heterocycles. The van der Waals surface area contributed by atoms with Gasteiger partial charge < -0.3 is 10.4 Å². The van der Waals surface area contributed by atoms with Gasteiger partial charge in [0, 0.05) is 18.3 Å². The van der Waals surface area contributed by atoms with Gasteiger partial charge in [-0.15, -0.1) is 0 Å². The van der Waals surface area contributed by atoms with E-state index in [2.05, 4.69) is 17.0 Å². The molecule has 1 aliphatic carbocycles. The minimum atomic E-state index is -3.23. The summed E-state index contributed by atoms with van der Waals surface area (Å²) in [6, 6.07) is 7.59. The zero-order valence-electron chi connectivity index (χ0n) is 13.2. The maximum atomic E-state index is 11.5. The third-order valence-electron chi connectivity index (χ3n) is 4.37. The van der Waals surface area contributed by atoms with Crippen molar-refractivity contribution in [3.63, 3.8) is 0 Å². The van der Waals surface area contributed by atoms with Crippen LogP contribution in [-0.4, -0.2) is 31.9 Å². The molecular formula is C16H26N2O3S. The van der Waals surface area contributed by atoms with Crippen LogP contribution in [-0.2, 0) is 10.0 Å². The van der Waals surface area contributed by atoms with E-state index in [0.717, 1.165) is 31.4 Å². The van der Waals surface area contributed by atoms with Gasteiger partial charge in [-0.2, -0.15) is 0 Å². The molecule has 0 bridgehead atoms. The second-order valence-electron chi connectivity index (χ2n) is 6.02. The Hall–Kier alpha value is -1.11. The maximum Gasteiger partial charge on any atom is 0.232 e. The minimum Gasteiger partial charge on any atom is -0.393 e. The lowest BCUT2D eigenvalue weighted by atomic mass is 10.0. The van der Waals surface area contributed by atoms with Gasteiger partial charge in [-0.25, -0.2) is 8.42 Å². The van der Waals surface area contributed by atoms with Crippen LogP contribution < -0.4 is 10.0 Å². The zero-order chi connectivity index (χ0) is 16.2. The van der Waals surface area contributed by atoms with Gasteiger partial charge in [0.1, 0.15) is 0 Å². The summed E-state index contributed by atoms with van der Waals surface area (Å²) < 4.78 is 25.6. The smallest absolute Gasteiger partial charge is 0.232 e. The molecule has 0 aliphatic heterocycles. The highest BCUT2D eigenvalue weighted by molar-refractivity contribution is 7.92. The number of aliphatic hydroxyl groups excluding tert-OH is 1. The molecular weight excluding hydrogens is 300 g/mol. The third-order valence-corrected chi connectivity index (χ3v) is 5.68. The predicted molar refractivity (Wildman–Crippen MR) is 89.3 cm³/mol. The van der Waals surface area contributed by atoms with E-state index < -0.39 is 10.0 Å². The van der Waals surface area contributed by atoms with Crippen molar-refractivity contribution in [2.45, 2.75) is 45.3 Å². The lowest BCUT2D eigenvalue weighted by Crippen LogP contribution is -2.29. The fourth-order valence-electron chi connectivity index (χ4n) is 2.79. The molecule has 1 saturated carbocycles. The second-order valence-corrected chi connectivity index (χ2v) is 8.03. The van der Waals surface area contributed by atoms with Crippen LogP contribution in [0, 0.1) is 5.92 Å². The summed E-state index contributed by atoms with van der Waals surface area (Å²) in [5.41, 5.74) is 1.69. The molecule has 1 aromatic carbocycles. The summed E-state index contributed by atoms with van der Waals surface area (Å²) in [6.07, 6.45) is 2.92. The SMILES string of the molecule is CCS(=O)(=O)Nc1ccc(C(C)NCC2CCCC2O)cc1. The minimum absolute atomic E-state index is 0.0659. The first-order chi connectivity index (χ1) is 10.4. The number of anilines is 1. The van der Waals surface area contributed by atoms with Crippen molar-refractivity contribution in [1.82, 2.24) is 5.32 Å². The molecule has 3 N–H and O–H groups in total. The second kappa shape index (κ2) is 7.44. The first kappa shape index (κ1) is 17.2. The highest BCUT2D eigenvalue weighted by Gasteiger charge is 2.25. The van der Waals surface area contributed by atoms with E-state index >= 15 is 0 Å². The van der Waals surface area contributed by atoms with Gasteiger partial charge in [0.15, 0.2) is 0 Å². The normalized spacial score (nSPS) is 23.4. The van der Waals surface area contributed by atoms with Crippen molar-refractivity contribution in [2.75, 3.05) is 17.0 Å². The van der Waals surface area contributed by atoms with E-state index in [1.54, 1.807) is 19.1 Å². The Balaban J connectivity index is 1.89. The molecule has 1 aliphatic rings. The molecule has 0 saturated heterocycles. The van der Waals surface area contributed by atoms with Crippen molar-refractivity contribution in [3.05, 3.63) is 29.8 Å². The summed E-state index contributed by atoms with van der Waals surface area (Å²) in [6.45, 7) is 4.50. The number of benzene rings is 1. The van der Waals surface area contributed by atoms with E-state index in [0.29, 0.717) is 11.6 Å². The molecule has 124 valence electrons. The van der Waals surface area contributed by atoms with Gasteiger partial charge in [-0.1, -0.05) is 18.6 Å². The van der Waals surface area contributed by atoms with Crippen LogP contribution >= 0.6 is 0 Å². The van der Waals surface area contributed by atoms with Gasteiger partial charge >= 0.3 is 0 Å². The Labute approximate surface area is 133 Å². The number of nitrogens with one attached hydrogen (secondary N) is 2. The Kier molecular flexibility index (Phi) is 5.83. The molecule has 3 atom stereocenters. The number of hydrogen-bond donors (Lipinski definition) is 3. The van der Waals surface area contributed by atoms with Crippen LogP contribution in [0.4, 0.5) is 5.69 Å². The molecule has 3 unspecified atom stereocenters. The molecule has 1 fully saturated rings. The Morgan fingerprint density at radius 1 is 1.27 bits per heavy atom. The first-order valence-corrected chi connectivity index (χ1v) is 9.58. The van der Waals surface area contributed by atoms with Crippen LogP contribution in [0.15, 0.2) is 24.3 Å². The molecule has 0 radical (unpaired) electrons. The van der Waals surface area contributed by atoms with Gasteiger partial charge in [0.05, 0.1) is 11.9 Å². The molecule has 0 amide bonds. The summed E-state index contributed by atoms with van der Waals surface area (Å²) in [5, 5.41) is 13.3. The zero-order valence-corrected chi connectivity index (χ0v) is 14.1. The quantitative estimate of drug-likeness (QED) is 0.718. The Morgan fingerprint density at radius 3 is 2.50 bits per heavy atom. The van der Waals surface area contributed by atoms with Crippen LogP contribution in [0.1, 0.15) is 44.7 Å². The molecule has 5 nitrogen and oxygen atoms in total. The molecule has 0 heterocycles. The van der Waals surface area contributed by atoms with Crippen LogP contribution in [0.25, 0.3) is 0 Å². The Morgan fingerprint density at radius 2 is 1.95 bits per heavy atom. The number of hydrogen-bond acceptors (Lipinski definition) is 4. The van der Waals surface area contributed by atoms with Crippen LogP contribution in [0.5, 0.6) is 0 Å². The molecule has 6 heteroatoms. The summed E-state index contributed by atoms with van der Waals surface area (Å²) in [7, 11) is -3.23. The molecule has 22 heavy (non-hydrogen) atoms. The van der Waals surface area contributed by atoms with Crippen molar-refractivity contribution in [3.8, 4) is 0 Å². The van der Waals surface area contributed by atoms with Crippen molar-refractivity contribution < 1.29 is 13.5 Å². The third kappa shape index (κ3) is 4.69. The topological polar surface area (TPSA) is 78.4 Å². The number of rotatable bonds is 7. The maximum absolute atomic E-state index is 11.5. The first-order valence-electron chi connectivity index (χ1n) is 7.93. The predicted octanol–water partition coefficient (Wildman–Crippen LogP) is 2.26. The van der Waals surface area contributed by atoms with Crippen LogP contribution in [0.3, 0.4) is 0 Å². The van der Waals surface area contributed by atoms with Crippen molar-refractivity contribution >= 4 is 15.7 Å². The van der Waals surface area contributed by atoms with E-state index in [1.165, 1.54) is 0 Å². The molecule has 0 spiro atoms. The monoisotopic (exact) mass is 326 g/mol. The Bertz CT molecular complexity index is 572. The van der Waals surface area contributed by atoms with E-state index in [-0.39, 0.29) is 17.9 Å². The fourth-order valence-corrected chi connectivity index (χ4v) is 3.43. The summed E-state index contributed by atoms with van der Waals surface area (Å²) >= 11 is 0. The lowest BCUT2D eigenvalue weighted by molar-refractivity contribution is 0.130. The number of aliphatic hydroxyl groups is 1. The average Bonchev–Trinajstić information content (AvgIpc) is 2.90. The summed E-state index contributed by atoms with van der Waals surface area (Å²) in [4.78, 5) is 0. The standard InChI is InChI=1S/C16H26N2O3S/c1-3-22(20,21)18-15-9-7-13(8-10-15)12(2)17-11-14-5-4-6-16(14)19/h7-10,12,14,16-19H,3-6,11H2,1-2H3. The number of sulfonamides is 1. The fraction of sp³-hybridized carbons (Fsp3) is 0.625. The summed E-state index contributed by atoms with van der Waals surface area (Å²) in [5.74, 6) is 0.411.